The van der Waals surface area contributed by atoms with E-state index in [0.717, 1.165) is 0 Å². The number of anilines is 2. The lowest BCUT2D eigenvalue weighted by Gasteiger charge is -2.10. The second-order valence-corrected chi connectivity index (χ2v) is 4.14. The van der Waals surface area contributed by atoms with Gasteiger partial charge in [-0.3, -0.25) is 9.59 Å². The van der Waals surface area contributed by atoms with Crippen LogP contribution in [0.3, 0.4) is 0 Å². The molecule has 0 spiro atoms. The molecular formula is C11H14N4O2. The van der Waals surface area contributed by atoms with Crippen LogP contribution in [0.15, 0.2) is 18.3 Å². The molecule has 0 radical (unpaired) electrons. The number of carbonyl (C=O) groups excluding carboxylic acids is 2. The fourth-order valence-electron chi connectivity index (χ4n) is 1.76. The van der Waals surface area contributed by atoms with Crippen LogP contribution in [0.1, 0.15) is 6.42 Å². The van der Waals surface area contributed by atoms with Gasteiger partial charge in [0.05, 0.1) is 17.8 Å². The fourth-order valence-corrected chi connectivity index (χ4v) is 1.76. The van der Waals surface area contributed by atoms with Crippen molar-refractivity contribution in [3.63, 3.8) is 0 Å². The maximum absolute atomic E-state index is 11.8. The minimum Gasteiger partial charge on any atom is -0.384 e. The largest absolute Gasteiger partial charge is 0.384 e. The first-order valence-electron chi connectivity index (χ1n) is 5.32. The zero-order valence-corrected chi connectivity index (χ0v) is 9.51. The summed E-state index contributed by atoms with van der Waals surface area (Å²) < 4.78 is 0. The molecule has 2 heterocycles. The molecule has 2 rings (SSSR count). The number of carbonyl (C=O) groups is 2. The molecule has 1 aromatic rings. The minimum absolute atomic E-state index is 0.000538. The number of amides is 2. The van der Waals surface area contributed by atoms with Gasteiger partial charge in [0.2, 0.25) is 11.8 Å². The molecule has 0 saturated carbocycles. The van der Waals surface area contributed by atoms with Gasteiger partial charge in [-0.1, -0.05) is 0 Å². The molecule has 1 aliphatic rings. The number of aromatic nitrogens is 1. The summed E-state index contributed by atoms with van der Waals surface area (Å²) in [6.45, 7) is 0.465. The summed E-state index contributed by atoms with van der Waals surface area (Å²) in [7, 11) is 1.69. The molecule has 1 atom stereocenters. The van der Waals surface area contributed by atoms with Gasteiger partial charge in [-0.05, 0) is 12.1 Å². The average Bonchev–Trinajstić information content (AvgIpc) is 2.63. The van der Waals surface area contributed by atoms with Crippen LogP contribution in [0, 0.1) is 5.92 Å². The molecule has 1 unspecified atom stereocenters. The first-order valence-corrected chi connectivity index (χ1v) is 5.32. The van der Waals surface area contributed by atoms with Gasteiger partial charge in [-0.2, -0.15) is 0 Å². The van der Waals surface area contributed by atoms with Crippen molar-refractivity contribution in [1.82, 2.24) is 9.88 Å². The predicted octanol–water partition coefficient (Wildman–Crippen LogP) is 0.0806. The van der Waals surface area contributed by atoms with E-state index >= 15 is 0 Å². The number of likely N-dealkylation sites (tertiary alicyclic amines) is 1. The Labute approximate surface area is 98.8 Å². The second-order valence-electron chi connectivity index (χ2n) is 4.14. The molecule has 2 amide bonds. The summed E-state index contributed by atoms with van der Waals surface area (Å²) in [5.41, 5.74) is 6.03. The summed E-state index contributed by atoms with van der Waals surface area (Å²) in [5, 5.41) is 2.72. The van der Waals surface area contributed by atoms with Crippen LogP contribution in [0.5, 0.6) is 0 Å². The number of nitrogens with one attached hydrogen (secondary N) is 1. The second kappa shape index (κ2) is 4.40. The Kier molecular flexibility index (Phi) is 2.95. The fraction of sp³-hybridized carbons (Fsp3) is 0.364. The number of nitrogen functional groups attached to an aromatic ring is 1. The number of rotatable bonds is 2. The van der Waals surface area contributed by atoms with Gasteiger partial charge in [0.25, 0.3) is 0 Å². The molecule has 6 nitrogen and oxygen atoms in total. The molecule has 0 aromatic carbocycles. The van der Waals surface area contributed by atoms with Crippen molar-refractivity contribution in [2.24, 2.45) is 5.92 Å². The molecule has 90 valence electrons. The first-order chi connectivity index (χ1) is 8.06. The summed E-state index contributed by atoms with van der Waals surface area (Å²) in [6.07, 6.45) is 1.76. The summed E-state index contributed by atoms with van der Waals surface area (Å²) in [5.74, 6) is -0.0429. The van der Waals surface area contributed by atoms with Gasteiger partial charge in [-0.25, -0.2) is 4.98 Å². The van der Waals surface area contributed by atoms with Crippen molar-refractivity contribution in [3.8, 4) is 0 Å². The van der Waals surface area contributed by atoms with Gasteiger partial charge >= 0.3 is 0 Å². The highest BCUT2D eigenvalue weighted by molar-refractivity contribution is 5.97. The van der Waals surface area contributed by atoms with Crippen molar-refractivity contribution in [1.29, 1.82) is 0 Å². The monoisotopic (exact) mass is 234 g/mol. The van der Waals surface area contributed by atoms with Crippen LogP contribution in [-0.4, -0.2) is 35.3 Å². The summed E-state index contributed by atoms with van der Waals surface area (Å²) in [6, 6.07) is 3.29. The molecule has 0 aliphatic carbocycles. The van der Waals surface area contributed by atoms with Gasteiger partial charge in [0.15, 0.2) is 0 Å². The van der Waals surface area contributed by atoms with Gasteiger partial charge in [0, 0.05) is 20.0 Å². The molecule has 6 heteroatoms. The van der Waals surface area contributed by atoms with E-state index in [1.165, 1.54) is 6.20 Å². The van der Waals surface area contributed by atoms with E-state index in [4.69, 9.17) is 5.73 Å². The van der Waals surface area contributed by atoms with Crippen LogP contribution in [0.4, 0.5) is 11.5 Å². The molecule has 1 aromatic heterocycles. The smallest absolute Gasteiger partial charge is 0.229 e. The van der Waals surface area contributed by atoms with Crippen molar-refractivity contribution in [3.05, 3.63) is 18.3 Å². The molecule has 1 saturated heterocycles. The Bertz CT molecular complexity index is 443. The van der Waals surface area contributed by atoms with E-state index in [9.17, 15) is 9.59 Å². The maximum atomic E-state index is 11.8. The van der Waals surface area contributed by atoms with E-state index in [-0.39, 0.29) is 24.2 Å². The van der Waals surface area contributed by atoms with E-state index < -0.39 is 0 Å². The van der Waals surface area contributed by atoms with Crippen molar-refractivity contribution in [2.75, 3.05) is 24.6 Å². The zero-order valence-electron chi connectivity index (χ0n) is 9.51. The third-order valence-corrected chi connectivity index (χ3v) is 2.77. The Morgan fingerprint density at radius 2 is 2.35 bits per heavy atom. The highest BCUT2D eigenvalue weighted by Gasteiger charge is 2.32. The highest BCUT2D eigenvalue weighted by Crippen LogP contribution is 2.18. The SMILES string of the molecule is CN1CC(C(=O)Nc2ccc(N)nc2)CC1=O. The normalized spacial score (nSPS) is 19.5. The molecule has 1 aliphatic heterocycles. The molecule has 0 bridgehead atoms. The number of nitrogens with two attached hydrogens (primary N) is 1. The lowest BCUT2D eigenvalue weighted by atomic mass is 10.1. The van der Waals surface area contributed by atoms with Crippen LogP contribution >= 0.6 is 0 Å². The quantitative estimate of drug-likeness (QED) is 0.758. The Morgan fingerprint density at radius 1 is 1.59 bits per heavy atom. The Balaban J connectivity index is 1.98. The third kappa shape index (κ3) is 2.52. The number of hydrogen-bond acceptors (Lipinski definition) is 4. The van der Waals surface area contributed by atoms with Crippen LogP contribution in [0.25, 0.3) is 0 Å². The standard InChI is InChI=1S/C11H14N4O2/c1-15-6-7(4-10(15)16)11(17)14-8-2-3-9(12)13-5-8/h2-3,5,7H,4,6H2,1H3,(H2,12,13)(H,14,17). The van der Waals surface area contributed by atoms with Gasteiger partial charge in [-0.15, -0.1) is 0 Å². The van der Waals surface area contributed by atoms with Crippen LogP contribution in [0.2, 0.25) is 0 Å². The van der Waals surface area contributed by atoms with Crippen LogP contribution in [-0.2, 0) is 9.59 Å². The van der Waals surface area contributed by atoms with Gasteiger partial charge in [0.1, 0.15) is 5.82 Å². The van der Waals surface area contributed by atoms with E-state index in [0.29, 0.717) is 18.1 Å². The lowest BCUT2D eigenvalue weighted by molar-refractivity contribution is -0.127. The van der Waals surface area contributed by atoms with Crippen molar-refractivity contribution in [2.45, 2.75) is 6.42 Å². The maximum Gasteiger partial charge on any atom is 0.229 e. The highest BCUT2D eigenvalue weighted by atomic mass is 16.2. The lowest BCUT2D eigenvalue weighted by Crippen LogP contribution is -2.25. The third-order valence-electron chi connectivity index (χ3n) is 2.77. The van der Waals surface area contributed by atoms with Crippen LogP contribution < -0.4 is 11.1 Å². The summed E-state index contributed by atoms with van der Waals surface area (Å²) >= 11 is 0. The average molecular weight is 234 g/mol. The Morgan fingerprint density at radius 3 is 2.88 bits per heavy atom. The van der Waals surface area contributed by atoms with E-state index in [1.807, 2.05) is 0 Å². The zero-order chi connectivity index (χ0) is 12.4. The molecule has 17 heavy (non-hydrogen) atoms. The molecular weight excluding hydrogens is 220 g/mol. The topological polar surface area (TPSA) is 88.3 Å². The number of pyridine rings is 1. The van der Waals surface area contributed by atoms with Crippen molar-refractivity contribution < 1.29 is 9.59 Å². The molecule has 1 fully saturated rings. The number of nitrogens with zero attached hydrogens (tertiary/aromatic N) is 2. The van der Waals surface area contributed by atoms with E-state index in [2.05, 4.69) is 10.3 Å². The van der Waals surface area contributed by atoms with Crippen molar-refractivity contribution >= 4 is 23.3 Å². The minimum atomic E-state index is -0.287. The summed E-state index contributed by atoms with van der Waals surface area (Å²) in [4.78, 5) is 28.6. The Hall–Kier alpha value is -2.11. The predicted molar refractivity (Wildman–Crippen MR) is 63.0 cm³/mol. The molecule has 3 N–H and O–H groups in total. The van der Waals surface area contributed by atoms with Gasteiger partial charge < -0.3 is 16.0 Å². The first kappa shape index (κ1) is 11.4. The van der Waals surface area contributed by atoms with E-state index in [1.54, 1.807) is 24.1 Å². The number of hydrogen-bond donors (Lipinski definition) is 2.